The van der Waals surface area contributed by atoms with Gasteiger partial charge in [-0.1, -0.05) is 23.7 Å². The van der Waals surface area contributed by atoms with Crippen molar-refractivity contribution in [1.82, 2.24) is 15.0 Å². The first-order valence-corrected chi connectivity index (χ1v) is 9.15. The molecule has 2 heterocycles. The monoisotopic (exact) mass is 422 g/mol. The number of rotatable bonds is 6. The van der Waals surface area contributed by atoms with Gasteiger partial charge in [0.2, 0.25) is 0 Å². The maximum atomic E-state index is 12.5. The molecule has 29 heavy (non-hydrogen) atoms. The Morgan fingerprint density at radius 1 is 1.00 bits per heavy atom. The number of nitrogens with zero attached hydrogens (tertiary/aromatic N) is 3. The highest BCUT2D eigenvalue weighted by Crippen LogP contribution is 2.29. The summed E-state index contributed by atoms with van der Waals surface area (Å²) in [5.74, 6) is 1.99. The number of ether oxygens (including phenoxy) is 1. The lowest BCUT2D eigenvalue weighted by molar-refractivity contribution is -0.141. The van der Waals surface area contributed by atoms with Gasteiger partial charge in [-0.3, -0.25) is 0 Å². The number of benzene rings is 1. The SMILES string of the molecule is Cc1nc(C)c(Cl)c(NCCc2ccc(Oc3ccc(C(F)(F)F)nc3)cc2)n1. The van der Waals surface area contributed by atoms with Crippen molar-refractivity contribution in [2.45, 2.75) is 26.4 Å². The van der Waals surface area contributed by atoms with Crippen molar-refractivity contribution in [3.05, 3.63) is 70.4 Å². The van der Waals surface area contributed by atoms with E-state index in [1.807, 2.05) is 19.1 Å². The van der Waals surface area contributed by atoms with E-state index in [4.69, 9.17) is 16.3 Å². The fourth-order valence-electron chi connectivity index (χ4n) is 2.61. The molecule has 0 saturated carbocycles. The number of aryl methyl sites for hydroxylation is 2. The van der Waals surface area contributed by atoms with Crippen molar-refractivity contribution in [3.63, 3.8) is 0 Å². The van der Waals surface area contributed by atoms with E-state index in [1.165, 1.54) is 6.07 Å². The Hall–Kier alpha value is -2.87. The number of anilines is 1. The van der Waals surface area contributed by atoms with Crippen LogP contribution in [0.3, 0.4) is 0 Å². The normalized spacial score (nSPS) is 11.4. The molecule has 0 fully saturated rings. The number of alkyl halides is 3. The fourth-order valence-corrected chi connectivity index (χ4v) is 2.76. The lowest BCUT2D eigenvalue weighted by atomic mass is 10.1. The molecule has 0 amide bonds. The predicted molar refractivity (Wildman–Crippen MR) is 104 cm³/mol. The zero-order valence-corrected chi connectivity index (χ0v) is 16.5. The second-order valence-electron chi connectivity index (χ2n) is 6.32. The molecule has 0 aliphatic heterocycles. The molecule has 0 atom stereocenters. The highest BCUT2D eigenvalue weighted by Gasteiger charge is 2.32. The second-order valence-corrected chi connectivity index (χ2v) is 6.70. The average Bonchev–Trinajstić information content (AvgIpc) is 2.66. The van der Waals surface area contributed by atoms with Crippen LogP contribution in [0, 0.1) is 13.8 Å². The van der Waals surface area contributed by atoms with Crippen LogP contribution in [0.15, 0.2) is 42.6 Å². The molecule has 0 saturated heterocycles. The van der Waals surface area contributed by atoms with Crippen molar-refractivity contribution >= 4 is 17.4 Å². The zero-order valence-electron chi connectivity index (χ0n) is 15.7. The summed E-state index contributed by atoms with van der Waals surface area (Å²) in [4.78, 5) is 11.9. The van der Waals surface area contributed by atoms with Crippen molar-refractivity contribution < 1.29 is 17.9 Å². The van der Waals surface area contributed by atoms with Crippen LogP contribution >= 0.6 is 11.6 Å². The topological polar surface area (TPSA) is 59.9 Å². The summed E-state index contributed by atoms with van der Waals surface area (Å²) in [7, 11) is 0. The van der Waals surface area contributed by atoms with Gasteiger partial charge in [0.25, 0.3) is 0 Å². The zero-order chi connectivity index (χ0) is 21.0. The molecule has 1 aromatic carbocycles. The van der Waals surface area contributed by atoms with Crippen molar-refractivity contribution in [1.29, 1.82) is 0 Å². The van der Waals surface area contributed by atoms with Crippen LogP contribution in [-0.2, 0) is 12.6 Å². The number of pyridine rings is 1. The highest BCUT2D eigenvalue weighted by atomic mass is 35.5. The molecule has 0 spiro atoms. The number of hydrogen-bond donors (Lipinski definition) is 1. The third kappa shape index (κ3) is 5.57. The molecule has 0 bridgehead atoms. The number of halogens is 4. The average molecular weight is 423 g/mol. The van der Waals surface area contributed by atoms with Gasteiger partial charge in [-0.15, -0.1) is 0 Å². The highest BCUT2D eigenvalue weighted by molar-refractivity contribution is 6.33. The molecule has 5 nitrogen and oxygen atoms in total. The molecule has 0 aliphatic carbocycles. The van der Waals surface area contributed by atoms with E-state index < -0.39 is 11.9 Å². The summed E-state index contributed by atoms with van der Waals surface area (Å²) in [6.07, 6.45) is -2.70. The summed E-state index contributed by atoms with van der Waals surface area (Å²) in [6.45, 7) is 4.26. The first-order chi connectivity index (χ1) is 13.7. The molecule has 9 heteroatoms. The molecule has 152 valence electrons. The van der Waals surface area contributed by atoms with E-state index in [0.717, 1.165) is 29.9 Å². The minimum Gasteiger partial charge on any atom is -0.456 e. The van der Waals surface area contributed by atoms with E-state index in [0.29, 0.717) is 29.0 Å². The van der Waals surface area contributed by atoms with Gasteiger partial charge < -0.3 is 10.1 Å². The smallest absolute Gasteiger partial charge is 0.433 e. The van der Waals surface area contributed by atoms with Gasteiger partial charge in [0.05, 0.1) is 11.9 Å². The van der Waals surface area contributed by atoms with Crippen LogP contribution in [0.25, 0.3) is 0 Å². The number of nitrogens with one attached hydrogen (secondary N) is 1. The van der Waals surface area contributed by atoms with Gasteiger partial charge in [0.15, 0.2) is 0 Å². The molecule has 3 rings (SSSR count). The lowest BCUT2D eigenvalue weighted by Crippen LogP contribution is -2.09. The standard InChI is InChI=1S/C20H18ClF3N4O/c1-12-18(21)19(28-13(2)27-12)25-10-9-14-3-5-15(6-4-14)29-16-7-8-17(26-11-16)20(22,23)24/h3-8,11H,9-10H2,1-2H3,(H,25,27,28). The van der Waals surface area contributed by atoms with Gasteiger partial charge in [-0.2, -0.15) is 13.2 Å². The molecule has 0 unspecified atom stereocenters. The Kier molecular flexibility index (Phi) is 6.22. The van der Waals surface area contributed by atoms with E-state index in [2.05, 4.69) is 20.3 Å². The van der Waals surface area contributed by atoms with E-state index >= 15 is 0 Å². The minimum atomic E-state index is -4.47. The third-order valence-electron chi connectivity index (χ3n) is 4.02. The maximum absolute atomic E-state index is 12.5. The van der Waals surface area contributed by atoms with Crippen molar-refractivity contribution in [2.24, 2.45) is 0 Å². The van der Waals surface area contributed by atoms with Gasteiger partial charge in [-0.05, 0) is 50.1 Å². The fraction of sp³-hybridized carbons (Fsp3) is 0.250. The maximum Gasteiger partial charge on any atom is 0.433 e. The molecular weight excluding hydrogens is 405 g/mol. The predicted octanol–water partition coefficient (Wildman–Crippen LogP) is 5.61. The van der Waals surface area contributed by atoms with Crippen molar-refractivity contribution in [2.75, 3.05) is 11.9 Å². The number of hydrogen-bond acceptors (Lipinski definition) is 5. The van der Waals surface area contributed by atoms with Crippen LogP contribution < -0.4 is 10.1 Å². The largest absolute Gasteiger partial charge is 0.456 e. The minimum absolute atomic E-state index is 0.233. The molecule has 1 N–H and O–H groups in total. The Morgan fingerprint density at radius 3 is 2.31 bits per heavy atom. The molecule has 0 radical (unpaired) electrons. The van der Waals surface area contributed by atoms with Gasteiger partial charge >= 0.3 is 6.18 Å². The van der Waals surface area contributed by atoms with E-state index in [1.54, 1.807) is 19.1 Å². The third-order valence-corrected chi connectivity index (χ3v) is 4.47. The lowest BCUT2D eigenvalue weighted by Gasteiger charge is -2.11. The Balaban J connectivity index is 1.55. The van der Waals surface area contributed by atoms with Gasteiger partial charge in [-0.25, -0.2) is 15.0 Å². The Morgan fingerprint density at radius 2 is 1.69 bits per heavy atom. The molecular formula is C20H18ClF3N4O. The Labute approximate surface area is 170 Å². The summed E-state index contributed by atoms with van der Waals surface area (Å²) in [5.41, 5.74) is 0.816. The first-order valence-electron chi connectivity index (χ1n) is 8.77. The van der Waals surface area contributed by atoms with Gasteiger partial charge in [0.1, 0.15) is 33.9 Å². The summed E-state index contributed by atoms with van der Waals surface area (Å²) < 4.78 is 43.2. The van der Waals surface area contributed by atoms with Crippen LogP contribution in [0.4, 0.5) is 19.0 Å². The molecule has 3 aromatic rings. The number of aromatic nitrogens is 3. The molecule has 0 aliphatic rings. The first kappa shape index (κ1) is 20.9. The van der Waals surface area contributed by atoms with Crippen LogP contribution in [0.1, 0.15) is 22.8 Å². The van der Waals surface area contributed by atoms with Gasteiger partial charge in [0, 0.05) is 6.54 Å². The van der Waals surface area contributed by atoms with Crippen molar-refractivity contribution in [3.8, 4) is 11.5 Å². The van der Waals surface area contributed by atoms with Crippen LogP contribution in [0.5, 0.6) is 11.5 Å². The molecule has 2 aromatic heterocycles. The second kappa shape index (κ2) is 8.65. The Bertz CT molecular complexity index is 977. The van der Waals surface area contributed by atoms with E-state index in [9.17, 15) is 13.2 Å². The van der Waals surface area contributed by atoms with Crippen LogP contribution in [-0.4, -0.2) is 21.5 Å². The van der Waals surface area contributed by atoms with E-state index in [-0.39, 0.29) is 5.75 Å². The summed E-state index contributed by atoms with van der Waals surface area (Å²) in [6, 6.07) is 9.39. The quantitative estimate of drug-likeness (QED) is 0.559. The summed E-state index contributed by atoms with van der Waals surface area (Å²) in [5, 5.41) is 3.70. The van der Waals surface area contributed by atoms with Crippen LogP contribution in [0.2, 0.25) is 5.02 Å². The summed E-state index contributed by atoms with van der Waals surface area (Å²) >= 11 is 6.21.